The van der Waals surface area contributed by atoms with Crippen molar-refractivity contribution in [3.8, 4) is 11.8 Å². The molecule has 0 aliphatic carbocycles. The number of carbonyl (C=O) groups excluding carboxylic acids is 1. The molecule has 2 heterocycles. The summed E-state index contributed by atoms with van der Waals surface area (Å²) in [6.45, 7) is 0.278. The van der Waals surface area contributed by atoms with Crippen molar-refractivity contribution in [2.45, 2.75) is 6.54 Å². The van der Waals surface area contributed by atoms with Crippen LogP contribution in [0.5, 0.6) is 0 Å². The molecule has 108 valence electrons. The van der Waals surface area contributed by atoms with E-state index in [1.165, 1.54) is 0 Å². The molecule has 0 saturated heterocycles. The monoisotopic (exact) mass is 309 g/mol. The van der Waals surface area contributed by atoms with Crippen molar-refractivity contribution >= 4 is 17.2 Å². The van der Waals surface area contributed by atoms with Crippen LogP contribution in [0.15, 0.2) is 47.3 Å². The number of hydrogen-bond acceptors (Lipinski definition) is 5. The first-order valence-corrected chi connectivity index (χ1v) is 7.43. The zero-order valence-corrected chi connectivity index (χ0v) is 12.2. The molecule has 0 bridgehead atoms. The first-order chi connectivity index (χ1) is 10.8. The molecular weight excluding hydrogens is 298 g/mol. The van der Waals surface area contributed by atoms with Crippen molar-refractivity contribution in [2.24, 2.45) is 0 Å². The van der Waals surface area contributed by atoms with Crippen molar-refractivity contribution in [3.05, 3.63) is 64.1 Å². The molecule has 3 aromatic rings. The number of amides is 1. The third-order valence-electron chi connectivity index (χ3n) is 3.00. The zero-order chi connectivity index (χ0) is 15.4. The average molecular weight is 309 g/mol. The lowest BCUT2D eigenvalue weighted by Crippen LogP contribution is -2.23. The van der Waals surface area contributed by atoms with Crippen LogP contribution in [-0.2, 0) is 6.54 Å². The number of nitrogens with zero attached hydrogens (tertiary/aromatic N) is 4. The van der Waals surface area contributed by atoms with Gasteiger partial charge in [-0.05, 0) is 29.6 Å². The van der Waals surface area contributed by atoms with Crippen LogP contribution in [0.1, 0.15) is 21.6 Å². The zero-order valence-electron chi connectivity index (χ0n) is 11.4. The Hall–Kier alpha value is -2.98. The predicted molar refractivity (Wildman–Crippen MR) is 81.6 cm³/mol. The third-order valence-corrected chi connectivity index (χ3v) is 3.67. The second kappa shape index (κ2) is 6.20. The minimum absolute atomic E-state index is 0.248. The van der Waals surface area contributed by atoms with Gasteiger partial charge in [-0.2, -0.15) is 16.6 Å². The normalized spacial score (nSPS) is 10.1. The van der Waals surface area contributed by atoms with Crippen LogP contribution in [0.25, 0.3) is 5.69 Å². The Morgan fingerprint density at radius 3 is 3.09 bits per heavy atom. The second-order valence-corrected chi connectivity index (χ2v) is 5.29. The van der Waals surface area contributed by atoms with Gasteiger partial charge in [-0.25, -0.2) is 4.68 Å². The molecule has 22 heavy (non-hydrogen) atoms. The Morgan fingerprint density at radius 2 is 2.32 bits per heavy atom. The SMILES string of the molecule is N#Cc1cccc(C(=O)NCc2cn(-c3ccsc3)nn2)c1. The first kappa shape index (κ1) is 14.0. The Kier molecular flexibility index (Phi) is 3.94. The van der Waals surface area contributed by atoms with E-state index >= 15 is 0 Å². The minimum atomic E-state index is -0.248. The van der Waals surface area contributed by atoms with Crippen LogP contribution in [0.3, 0.4) is 0 Å². The topological polar surface area (TPSA) is 83.6 Å². The van der Waals surface area contributed by atoms with Gasteiger partial charge in [-0.15, -0.1) is 5.10 Å². The average Bonchev–Trinajstić information content (AvgIpc) is 3.23. The fraction of sp³-hybridized carbons (Fsp3) is 0.0667. The van der Waals surface area contributed by atoms with Crippen LogP contribution in [0.2, 0.25) is 0 Å². The molecule has 1 N–H and O–H groups in total. The number of hydrogen-bond donors (Lipinski definition) is 1. The molecule has 2 aromatic heterocycles. The van der Waals surface area contributed by atoms with Crippen molar-refractivity contribution in [1.29, 1.82) is 5.26 Å². The number of nitriles is 1. The molecule has 3 rings (SSSR count). The minimum Gasteiger partial charge on any atom is -0.346 e. The first-order valence-electron chi connectivity index (χ1n) is 6.48. The van der Waals surface area contributed by atoms with E-state index in [2.05, 4.69) is 15.6 Å². The van der Waals surface area contributed by atoms with Crippen LogP contribution >= 0.6 is 11.3 Å². The molecule has 0 saturated carbocycles. The smallest absolute Gasteiger partial charge is 0.251 e. The predicted octanol–water partition coefficient (Wildman–Crippen LogP) is 2.13. The molecule has 0 spiro atoms. The van der Waals surface area contributed by atoms with Gasteiger partial charge in [0.1, 0.15) is 5.69 Å². The molecule has 0 atom stereocenters. The lowest BCUT2D eigenvalue weighted by atomic mass is 10.1. The maximum atomic E-state index is 12.0. The van der Waals surface area contributed by atoms with Crippen molar-refractivity contribution in [2.75, 3.05) is 0 Å². The Bertz CT molecular complexity index is 832. The van der Waals surface area contributed by atoms with Crippen LogP contribution in [0, 0.1) is 11.3 Å². The van der Waals surface area contributed by atoms with Crippen molar-refractivity contribution < 1.29 is 4.79 Å². The third kappa shape index (κ3) is 3.02. The summed E-state index contributed by atoms with van der Waals surface area (Å²) in [4.78, 5) is 12.0. The number of benzene rings is 1. The molecule has 1 amide bonds. The molecule has 0 aliphatic rings. The van der Waals surface area contributed by atoms with Crippen LogP contribution in [0.4, 0.5) is 0 Å². The molecule has 0 unspecified atom stereocenters. The van der Waals surface area contributed by atoms with Crippen LogP contribution < -0.4 is 5.32 Å². The molecular formula is C15H11N5OS. The summed E-state index contributed by atoms with van der Waals surface area (Å²) in [6, 6.07) is 10.5. The van der Waals surface area contributed by atoms with Gasteiger partial charge in [-0.1, -0.05) is 11.3 Å². The summed E-state index contributed by atoms with van der Waals surface area (Å²) in [6.07, 6.45) is 1.77. The highest BCUT2D eigenvalue weighted by atomic mass is 32.1. The summed E-state index contributed by atoms with van der Waals surface area (Å²) in [5.74, 6) is -0.248. The van der Waals surface area contributed by atoms with Gasteiger partial charge < -0.3 is 5.32 Å². The van der Waals surface area contributed by atoms with E-state index in [-0.39, 0.29) is 12.5 Å². The number of thiophene rings is 1. The van der Waals surface area contributed by atoms with Crippen molar-refractivity contribution in [3.63, 3.8) is 0 Å². The summed E-state index contributed by atoms with van der Waals surface area (Å²) >= 11 is 1.58. The summed E-state index contributed by atoms with van der Waals surface area (Å²) in [5.41, 5.74) is 2.51. The Morgan fingerprint density at radius 1 is 1.41 bits per heavy atom. The fourth-order valence-corrected chi connectivity index (χ4v) is 2.52. The lowest BCUT2D eigenvalue weighted by Gasteiger charge is -2.03. The van der Waals surface area contributed by atoms with E-state index in [9.17, 15) is 4.79 Å². The second-order valence-electron chi connectivity index (χ2n) is 4.51. The molecule has 0 aliphatic heterocycles. The van der Waals surface area contributed by atoms with E-state index in [0.29, 0.717) is 16.8 Å². The Labute approximate surface area is 130 Å². The van der Waals surface area contributed by atoms with Gasteiger partial charge in [0, 0.05) is 10.9 Å². The highest BCUT2D eigenvalue weighted by Crippen LogP contribution is 2.11. The Balaban J connectivity index is 1.65. The van der Waals surface area contributed by atoms with E-state index < -0.39 is 0 Å². The van der Waals surface area contributed by atoms with Gasteiger partial charge in [0.25, 0.3) is 5.91 Å². The van der Waals surface area contributed by atoms with Gasteiger partial charge >= 0.3 is 0 Å². The quantitative estimate of drug-likeness (QED) is 0.800. The van der Waals surface area contributed by atoms with Gasteiger partial charge in [0.15, 0.2) is 0 Å². The fourth-order valence-electron chi connectivity index (χ4n) is 1.90. The number of rotatable bonds is 4. The van der Waals surface area contributed by atoms with E-state index in [1.807, 2.05) is 22.9 Å². The van der Waals surface area contributed by atoms with E-state index in [0.717, 1.165) is 5.69 Å². The molecule has 7 heteroatoms. The lowest BCUT2D eigenvalue weighted by molar-refractivity contribution is 0.0950. The van der Waals surface area contributed by atoms with Gasteiger partial charge in [0.05, 0.1) is 30.1 Å². The van der Waals surface area contributed by atoms with Crippen LogP contribution in [-0.4, -0.2) is 20.9 Å². The number of nitrogens with one attached hydrogen (secondary N) is 1. The van der Waals surface area contributed by atoms with Crippen molar-refractivity contribution in [1.82, 2.24) is 20.3 Å². The molecule has 6 nitrogen and oxygen atoms in total. The van der Waals surface area contributed by atoms with Gasteiger partial charge in [-0.3, -0.25) is 4.79 Å². The summed E-state index contributed by atoms with van der Waals surface area (Å²) < 4.78 is 1.66. The summed E-state index contributed by atoms with van der Waals surface area (Å²) in [7, 11) is 0. The number of aromatic nitrogens is 3. The largest absolute Gasteiger partial charge is 0.346 e. The molecule has 0 fully saturated rings. The van der Waals surface area contributed by atoms with E-state index in [4.69, 9.17) is 5.26 Å². The van der Waals surface area contributed by atoms with Gasteiger partial charge in [0.2, 0.25) is 0 Å². The summed E-state index contributed by atoms with van der Waals surface area (Å²) in [5, 5.41) is 23.6. The highest BCUT2D eigenvalue weighted by molar-refractivity contribution is 7.08. The number of carbonyl (C=O) groups is 1. The molecule has 1 aromatic carbocycles. The molecule has 0 radical (unpaired) electrons. The highest BCUT2D eigenvalue weighted by Gasteiger charge is 2.08. The van der Waals surface area contributed by atoms with E-state index in [1.54, 1.807) is 46.5 Å². The maximum absolute atomic E-state index is 12.0. The maximum Gasteiger partial charge on any atom is 0.251 e. The standard InChI is InChI=1S/C15H11N5OS/c16-7-11-2-1-3-12(6-11)15(21)17-8-13-9-20(19-18-13)14-4-5-22-10-14/h1-6,9-10H,8H2,(H,17,21).